The highest BCUT2D eigenvalue weighted by molar-refractivity contribution is 14.1. The van der Waals surface area contributed by atoms with Crippen LogP contribution in [0.5, 0.6) is 0 Å². The maximum Gasteiger partial charge on any atom is 0.271 e. The van der Waals surface area contributed by atoms with Gasteiger partial charge in [0.2, 0.25) is 0 Å². The van der Waals surface area contributed by atoms with Crippen molar-refractivity contribution < 1.29 is 9.34 Å². The fraction of sp³-hybridized carbons (Fsp3) is 0. The van der Waals surface area contributed by atoms with E-state index in [4.69, 9.17) is 4.42 Å². The van der Waals surface area contributed by atoms with Gasteiger partial charge in [-0.05, 0) is 22.0 Å². The molecule has 0 saturated carbocycles. The fourth-order valence-electron chi connectivity index (χ4n) is 1.25. The second-order valence-corrected chi connectivity index (χ2v) is 5.14. The van der Waals surface area contributed by atoms with Crippen LogP contribution in [0.4, 0.5) is 11.4 Å². The SMILES string of the molecule is O=[N+]([O-])c1cccc(N=Cc2cc(Br)c(I)o2)c1. The number of aliphatic imine (C=N–C) groups is 1. The lowest BCUT2D eigenvalue weighted by Crippen LogP contribution is -1.86. The zero-order valence-corrected chi connectivity index (χ0v) is 12.6. The number of nitrogens with zero attached hydrogens (tertiary/aromatic N) is 2. The van der Waals surface area contributed by atoms with E-state index in [1.54, 1.807) is 18.2 Å². The minimum Gasteiger partial charge on any atom is -0.448 e. The summed E-state index contributed by atoms with van der Waals surface area (Å²) in [6.45, 7) is 0. The largest absolute Gasteiger partial charge is 0.448 e. The maximum atomic E-state index is 10.6. The van der Waals surface area contributed by atoms with Gasteiger partial charge in [-0.3, -0.25) is 15.1 Å². The third-order valence-corrected chi connectivity index (χ3v) is 4.18. The van der Waals surface area contributed by atoms with Crippen LogP contribution in [0.15, 0.2) is 44.2 Å². The second-order valence-electron chi connectivity index (χ2n) is 3.31. The van der Waals surface area contributed by atoms with Crippen LogP contribution in [0, 0.1) is 13.9 Å². The van der Waals surface area contributed by atoms with Crippen molar-refractivity contribution in [3.63, 3.8) is 0 Å². The molecule has 2 aromatic rings. The molecule has 0 aliphatic rings. The van der Waals surface area contributed by atoms with Crippen LogP contribution in [0.25, 0.3) is 0 Å². The fourth-order valence-corrected chi connectivity index (χ4v) is 1.97. The van der Waals surface area contributed by atoms with E-state index in [1.807, 2.05) is 22.6 Å². The number of nitro benzene ring substituents is 1. The summed E-state index contributed by atoms with van der Waals surface area (Å²) in [4.78, 5) is 14.3. The summed E-state index contributed by atoms with van der Waals surface area (Å²) in [5, 5.41) is 10.6. The molecule has 0 fully saturated rings. The molecule has 0 amide bonds. The van der Waals surface area contributed by atoms with E-state index >= 15 is 0 Å². The topological polar surface area (TPSA) is 68.6 Å². The Bertz CT molecular complexity index is 605. The van der Waals surface area contributed by atoms with Gasteiger partial charge in [0.05, 0.1) is 21.3 Å². The minimum absolute atomic E-state index is 0.0138. The summed E-state index contributed by atoms with van der Waals surface area (Å²) in [5.74, 6) is 0.581. The number of benzene rings is 1. The summed E-state index contributed by atoms with van der Waals surface area (Å²) in [5.41, 5.74) is 0.520. The molecule has 0 N–H and O–H groups in total. The van der Waals surface area contributed by atoms with Crippen LogP contribution in [0.1, 0.15) is 5.76 Å². The highest BCUT2D eigenvalue weighted by Gasteiger charge is 2.06. The van der Waals surface area contributed by atoms with Crippen LogP contribution in [-0.2, 0) is 0 Å². The molecule has 7 heteroatoms. The summed E-state index contributed by atoms with van der Waals surface area (Å²) >= 11 is 5.37. The number of nitro groups is 1. The van der Waals surface area contributed by atoms with Gasteiger partial charge in [-0.2, -0.15) is 0 Å². The molecule has 18 heavy (non-hydrogen) atoms. The minimum atomic E-state index is -0.453. The maximum absolute atomic E-state index is 10.6. The van der Waals surface area contributed by atoms with Gasteiger partial charge in [0.15, 0.2) is 3.77 Å². The number of rotatable bonds is 3. The highest BCUT2D eigenvalue weighted by atomic mass is 127. The first kappa shape index (κ1) is 13.2. The molecule has 1 aromatic heterocycles. The van der Waals surface area contributed by atoms with Gasteiger partial charge < -0.3 is 4.42 Å². The molecule has 0 saturated heterocycles. The Morgan fingerprint density at radius 2 is 2.22 bits per heavy atom. The predicted octanol–water partition coefficient (Wildman–Crippen LogP) is 4.31. The quantitative estimate of drug-likeness (QED) is 0.321. The molecule has 0 atom stereocenters. The van der Waals surface area contributed by atoms with Gasteiger partial charge in [-0.25, -0.2) is 0 Å². The molecule has 2 rings (SSSR count). The lowest BCUT2D eigenvalue weighted by Gasteiger charge is -1.93. The molecule has 0 bridgehead atoms. The zero-order valence-electron chi connectivity index (χ0n) is 8.84. The van der Waals surface area contributed by atoms with Crippen molar-refractivity contribution >= 4 is 56.1 Å². The molecule has 0 aliphatic heterocycles. The Morgan fingerprint density at radius 3 is 2.83 bits per heavy atom. The standard InChI is InChI=1S/C11H6BrIN2O3/c12-10-5-9(18-11(10)13)6-14-7-2-1-3-8(4-7)15(16)17/h1-6H. The van der Waals surface area contributed by atoms with Crippen LogP contribution in [0.2, 0.25) is 0 Å². The molecule has 0 spiro atoms. The van der Waals surface area contributed by atoms with E-state index in [0.717, 1.165) is 8.24 Å². The van der Waals surface area contributed by atoms with E-state index in [-0.39, 0.29) is 5.69 Å². The third-order valence-electron chi connectivity index (χ3n) is 2.05. The Balaban J connectivity index is 2.23. The monoisotopic (exact) mass is 420 g/mol. The average Bonchev–Trinajstić information content (AvgIpc) is 2.67. The van der Waals surface area contributed by atoms with E-state index in [9.17, 15) is 10.1 Å². The first-order valence-corrected chi connectivity index (χ1v) is 6.67. The van der Waals surface area contributed by atoms with Crippen molar-refractivity contribution in [2.75, 3.05) is 0 Å². The van der Waals surface area contributed by atoms with E-state index in [2.05, 4.69) is 20.9 Å². The molecule has 92 valence electrons. The molecular formula is C11H6BrIN2O3. The van der Waals surface area contributed by atoms with Crippen molar-refractivity contribution in [1.82, 2.24) is 0 Å². The van der Waals surface area contributed by atoms with Gasteiger partial charge in [0.1, 0.15) is 5.76 Å². The lowest BCUT2D eigenvalue weighted by atomic mass is 10.3. The molecule has 0 aliphatic carbocycles. The van der Waals surface area contributed by atoms with Crippen molar-refractivity contribution in [1.29, 1.82) is 0 Å². The van der Waals surface area contributed by atoms with Crippen LogP contribution >= 0.6 is 38.5 Å². The zero-order chi connectivity index (χ0) is 13.1. The Kier molecular flexibility index (Phi) is 4.12. The van der Waals surface area contributed by atoms with E-state index in [1.165, 1.54) is 18.3 Å². The highest BCUT2D eigenvalue weighted by Crippen LogP contribution is 2.23. The Hall–Kier alpha value is -1.22. The van der Waals surface area contributed by atoms with E-state index < -0.39 is 4.92 Å². The molecule has 5 nitrogen and oxygen atoms in total. The van der Waals surface area contributed by atoms with Gasteiger partial charge in [-0.15, -0.1) is 0 Å². The van der Waals surface area contributed by atoms with Crippen LogP contribution in [-0.4, -0.2) is 11.1 Å². The number of hydrogen-bond acceptors (Lipinski definition) is 4. The smallest absolute Gasteiger partial charge is 0.271 e. The number of furan rings is 1. The first-order valence-electron chi connectivity index (χ1n) is 4.79. The lowest BCUT2D eigenvalue weighted by molar-refractivity contribution is -0.384. The summed E-state index contributed by atoms with van der Waals surface area (Å²) < 4.78 is 6.95. The third kappa shape index (κ3) is 3.16. The summed E-state index contributed by atoms with van der Waals surface area (Å²) in [6, 6.07) is 7.88. The van der Waals surface area contributed by atoms with Gasteiger partial charge >= 0.3 is 0 Å². The number of halogens is 2. The number of non-ortho nitro benzene ring substituents is 1. The number of hydrogen-bond donors (Lipinski definition) is 0. The van der Waals surface area contributed by atoms with Crippen LogP contribution in [0.3, 0.4) is 0 Å². The first-order chi connectivity index (χ1) is 8.56. The van der Waals surface area contributed by atoms with Crippen molar-refractivity contribution in [3.8, 4) is 0 Å². The van der Waals surface area contributed by atoms with Gasteiger partial charge in [-0.1, -0.05) is 6.07 Å². The molecule has 0 unspecified atom stereocenters. The van der Waals surface area contributed by atoms with Crippen molar-refractivity contribution in [3.05, 3.63) is 54.4 Å². The summed E-state index contributed by atoms with van der Waals surface area (Å²) in [6.07, 6.45) is 1.52. The van der Waals surface area contributed by atoms with Gasteiger partial charge in [0.25, 0.3) is 5.69 Å². The molecule has 1 heterocycles. The van der Waals surface area contributed by atoms with E-state index in [0.29, 0.717) is 11.4 Å². The summed E-state index contributed by atoms with van der Waals surface area (Å²) in [7, 11) is 0. The normalized spacial score (nSPS) is 11.0. The Labute approximate surface area is 124 Å². The molecule has 1 aromatic carbocycles. The molecular weight excluding hydrogens is 415 g/mol. The second kappa shape index (κ2) is 5.61. The van der Waals surface area contributed by atoms with Crippen molar-refractivity contribution in [2.24, 2.45) is 4.99 Å². The Morgan fingerprint density at radius 1 is 1.44 bits per heavy atom. The predicted molar refractivity (Wildman–Crippen MR) is 79.5 cm³/mol. The van der Waals surface area contributed by atoms with Crippen molar-refractivity contribution in [2.45, 2.75) is 0 Å². The van der Waals surface area contributed by atoms with Crippen LogP contribution < -0.4 is 0 Å². The van der Waals surface area contributed by atoms with Gasteiger partial charge in [0, 0.05) is 40.8 Å². The average molecular weight is 421 g/mol. The molecule has 0 radical (unpaired) electrons.